The third-order valence-corrected chi connectivity index (χ3v) is 3.43. The molecule has 6 heteroatoms. The average molecular weight is 257 g/mol. The molecule has 6 nitrogen and oxygen atoms in total. The van der Waals surface area contributed by atoms with Gasteiger partial charge in [-0.1, -0.05) is 5.16 Å². The highest BCUT2D eigenvalue weighted by molar-refractivity contribution is 5.95. The summed E-state index contributed by atoms with van der Waals surface area (Å²) in [4.78, 5) is 8.64. The molecule has 0 aromatic carbocycles. The molecule has 0 atom stereocenters. The maximum atomic E-state index is 8.61. The lowest BCUT2D eigenvalue weighted by Gasteiger charge is -2.13. The van der Waals surface area contributed by atoms with Crippen LogP contribution in [0, 0.1) is 0 Å². The van der Waals surface area contributed by atoms with Gasteiger partial charge in [0.15, 0.2) is 5.84 Å². The van der Waals surface area contributed by atoms with E-state index in [0.717, 1.165) is 18.5 Å². The third-order valence-electron chi connectivity index (χ3n) is 3.43. The zero-order valence-corrected chi connectivity index (χ0v) is 10.5. The molecule has 0 fully saturated rings. The van der Waals surface area contributed by atoms with E-state index in [2.05, 4.69) is 19.7 Å². The second-order valence-electron chi connectivity index (χ2n) is 4.60. The van der Waals surface area contributed by atoms with E-state index in [9.17, 15) is 0 Å². The van der Waals surface area contributed by atoms with Crippen LogP contribution in [0.2, 0.25) is 0 Å². The Morgan fingerprint density at radius 2 is 2.11 bits per heavy atom. The standard InChI is InChI=1S/C13H15N5O/c14-13(17-19)11-6-5-9(7-15-11)18-8-16-10-3-1-2-4-12(10)18/h5-8,19H,1-4H2,(H2,14,17). The fourth-order valence-electron chi connectivity index (χ4n) is 2.42. The lowest BCUT2D eigenvalue weighted by Crippen LogP contribution is -2.15. The number of pyridine rings is 1. The number of rotatable bonds is 2. The van der Waals surface area contributed by atoms with Crippen LogP contribution < -0.4 is 5.73 Å². The Labute approximate surface area is 110 Å². The summed E-state index contributed by atoms with van der Waals surface area (Å²) in [7, 11) is 0. The minimum atomic E-state index is 0.0132. The van der Waals surface area contributed by atoms with E-state index in [1.54, 1.807) is 12.3 Å². The number of nitrogens with zero attached hydrogens (tertiary/aromatic N) is 4. The first kappa shape index (κ1) is 11.7. The summed E-state index contributed by atoms with van der Waals surface area (Å²) in [5.41, 5.74) is 9.35. The van der Waals surface area contributed by atoms with Gasteiger partial charge in [-0.05, 0) is 37.8 Å². The fraction of sp³-hybridized carbons (Fsp3) is 0.308. The summed E-state index contributed by atoms with van der Waals surface area (Å²) in [5, 5.41) is 11.5. The van der Waals surface area contributed by atoms with E-state index < -0.39 is 0 Å². The van der Waals surface area contributed by atoms with E-state index in [4.69, 9.17) is 10.9 Å². The molecule has 1 aliphatic rings. The number of hydrogen-bond acceptors (Lipinski definition) is 4. The molecular weight excluding hydrogens is 242 g/mol. The van der Waals surface area contributed by atoms with Crippen LogP contribution in [0.4, 0.5) is 0 Å². The minimum absolute atomic E-state index is 0.0132. The van der Waals surface area contributed by atoms with Crippen LogP contribution in [0.25, 0.3) is 5.69 Å². The third kappa shape index (κ3) is 2.05. The number of fused-ring (bicyclic) bond motifs is 1. The van der Waals surface area contributed by atoms with Gasteiger partial charge in [-0.2, -0.15) is 0 Å². The van der Waals surface area contributed by atoms with Crippen molar-refractivity contribution >= 4 is 5.84 Å². The van der Waals surface area contributed by atoms with E-state index in [0.29, 0.717) is 5.69 Å². The molecule has 0 saturated heterocycles. The molecular formula is C13H15N5O. The molecule has 2 heterocycles. The van der Waals surface area contributed by atoms with Crippen LogP contribution in [-0.2, 0) is 12.8 Å². The van der Waals surface area contributed by atoms with E-state index in [-0.39, 0.29) is 5.84 Å². The normalized spacial score (nSPS) is 15.3. The smallest absolute Gasteiger partial charge is 0.188 e. The van der Waals surface area contributed by atoms with Crippen LogP contribution in [0.1, 0.15) is 29.9 Å². The molecule has 3 N–H and O–H groups in total. The van der Waals surface area contributed by atoms with Crippen molar-refractivity contribution in [3.8, 4) is 5.69 Å². The number of amidine groups is 1. The SMILES string of the molecule is N/C(=N/O)c1ccc(-n2cnc3c2CCCC3)cn1. The topological polar surface area (TPSA) is 89.3 Å². The first-order valence-corrected chi connectivity index (χ1v) is 6.29. The van der Waals surface area contributed by atoms with Crippen LogP contribution in [0.5, 0.6) is 0 Å². The molecule has 19 heavy (non-hydrogen) atoms. The maximum Gasteiger partial charge on any atom is 0.188 e. The van der Waals surface area contributed by atoms with Crippen molar-refractivity contribution in [1.29, 1.82) is 0 Å². The lowest BCUT2D eigenvalue weighted by molar-refractivity contribution is 0.318. The van der Waals surface area contributed by atoms with Crippen LogP contribution in [0.3, 0.4) is 0 Å². The number of hydrogen-bond donors (Lipinski definition) is 2. The zero-order valence-electron chi connectivity index (χ0n) is 10.5. The van der Waals surface area contributed by atoms with Gasteiger partial charge in [0, 0.05) is 5.69 Å². The first-order chi connectivity index (χ1) is 9.29. The van der Waals surface area contributed by atoms with Gasteiger partial charge >= 0.3 is 0 Å². The number of imidazole rings is 1. The van der Waals surface area contributed by atoms with E-state index in [1.165, 1.54) is 24.2 Å². The number of aromatic nitrogens is 3. The van der Waals surface area contributed by atoms with Gasteiger partial charge in [0.25, 0.3) is 0 Å². The first-order valence-electron chi connectivity index (χ1n) is 6.29. The molecule has 0 aliphatic heterocycles. The largest absolute Gasteiger partial charge is 0.409 e. The predicted molar refractivity (Wildman–Crippen MR) is 70.5 cm³/mol. The van der Waals surface area contributed by atoms with Gasteiger partial charge in [-0.3, -0.25) is 4.98 Å². The predicted octanol–water partition coefficient (Wildman–Crippen LogP) is 1.24. The fourth-order valence-corrected chi connectivity index (χ4v) is 2.42. The highest BCUT2D eigenvalue weighted by atomic mass is 16.4. The van der Waals surface area contributed by atoms with Crippen molar-refractivity contribution in [2.75, 3.05) is 0 Å². The Bertz CT molecular complexity index is 614. The van der Waals surface area contributed by atoms with Crippen molar-refractivity contribution in [3.63, 3.8) is 0 Å². The zero-order chi connectivity index (χ0) is 13.2. The number of aryl methyl sites for hydroxylation is 1. The van der Waals surface area contributed by atoms with Gasteiger partial charge in [-0.15, -0.1) is 0 Å². The van der Waals surface area contributed by atoms with Crippen LogP contribution in [-0.4, -0.2) is 25.6 Å². The highest BCUT2D eigenvalue weighted by Crippen LogP contribution is 2.22. The minimum Gasteiger partial charge on any atom is -0.409 e. The Hall–Kier alpha value is -2.37. The number of nitrogens with two attached hydrogens (primary N) is 1. The molecule has 0 amide bonds. The lowest BCUT2D eigenvalue weighted by atomic mass is 10.0. The Morgan fingerprint density at radius 1 is 1.26 bits per heavy atom. The maximum absolute atomic E-state index is 8.61. The van der Waals surface area contributed by atoms with Crippen molar-refractivity contribution in [2.24, 2.45) is 10.9 Å². The molecule has 0 bridgehead atoms. The molecule has 0 unspecified atom stereocenters. The second-order valence-corrected chi connectivity index (χ2v) is 4.60. The van der Waals surface area contributed by atoms with Gasteiger partial charge in [0.2, 0.25) is 0 Å². The molecule has 3 rings (SSSR count). The Balaban J connectivity index is 1.96. The van der Waals surface area contributed by atoms with E-state index >= 15 is 0 Å². The van der Waals surface area contributed by atoms with Crippen molar-refractivity contribution in [3.05, 3.63) is 41.7 Å². The molecule has 0 radical (unpaired) electrons. The molecule has 0 saturated carbocycles. The van der Waals surface area contributed by atoms with Gasteiger partial charge in [-0.25, -0.2) is 4.98 Å². The molecule has 2 aromatic heterocycles. The van der Waals surface area contributed by atoms with Gasteiger partial charge < -0.3 is 15.5 Å². The van der Waals surface area contributed by atoms with Crippen LogP contribution >= 0.6 is 0 Å². The monoisotopic (exact) mass is 257 g/mol. The Kier molecular flexibility index (Phi) is 2.91. The highest BCUT2D eigenvalue weighted by Gasteiger charge is 2.16. The average Bonchev–Trinajstić information content (AvgIpc) is 2.90. The molecule has 1 aliphatic carbocycles. The summed E-state index contributed by atoms with van der Waals surface area (Å²) >= 11 is 0. The summed E-state index contributed by atoms with van der Waals surface area (Å²) in [6, 6.07) is 3.64. The van der Waals surface area contributed by atoms with Crippen LogP contribution in [0.15, 0.2) is 29.8 Å². The molecule has 0 spiro atoms. The van der Waals surface area contributed by atoms with Gasteiger partial charge in [0.05, 0.1) is 23.9 Å². The Morgan fingerprint density at radius 3 is 2.84 bits per heavy atom. The molecule has 98 valence electrons. The van der Waals surface area contributed by atoms with Crippen molar-refractivity contribution in [2.45, 2.75) is 25.7 Å². The summed E-state index contributed by atoms with van der Waals surface area (Å²) in [6.07, 6.45) is 8.08. The summed E-state index contributed by atoms with van der Waals surface area (Å²) in [6.45, 7) is 0. The van der Waals surface area contributed by atoms with Crippen molar-refractivity contribution in [1.82, 2.24) is 14.5 Å². The van der Waals surface area contributed by atoms with Crippen molar-refractivity contribution < 1.29 is 5.21 Å². The molecule has 2 aromatic rings. The van der Waals surface area contributed by atoms with Gasteiger partial charge in [0.1, 0.15) is 5.69 Å². The number of oxime groups is 1. The quantitative estimate of drug-likeness (QED) is 0.366. The summed E-state index contributed by atoms with van der Waals surface area (Å²) < 4.78 is 2.07. The summed E-state index contributed by atoms with van der Waals surface area (Å²) in [5.74, 6) is 0.0132. The van der Waals surface area contributed by atoms with E-state index in [1.807, 2.05) is 12.4 Å². The second kappa shape index (κ2) is 4.72.